The van der Waals surface area contributed by atoms with Crippen LogP contribution in [0.5, 0.6) is 5.75 Å². The summed E-state index contributed by atoms with van der Waals surface area (Å²) in [5, 5.41) is 0.914. The lowest BCUT2D eigenvalue weighted by atomic mass is 10.2. The van der Waals surface area contributed by atoms with E-state index in [-0.39, 0.29) is 5.82 Å². The summed E-state index contributed by atoms with van der Waals surface area (Å²) in [5.41, 5.74) is 0.833. The van der Waals surface area contributed by atoms with E-state index in [4.69, 9.17) is 4.74 Å². The molecule has 82 valence electrons. The SMILES string of the molecule is CCOc1cc(F)cc(C=CCCBr)c1. The van der Waals surface area contributed by atoms with Gasteiger partial charge < -0.3 is 4.74 Å². The second kappa shape index (κ2) is 6.62. The standard InChI is InChI=1S/C12H14BrFO/c1-2-15-12-8-10(5-3-4-6-13)7-11(14)9-12/h3,5,7-9H,2,4,6H2,1H3. The molecule has 0 fully saturated rings. The largest absolute Gasteiger partial charge is 0.494 e. The van der Waals surface area contributed by atoms with E-state index in [0.717, 1.165) is 17.3 Å². The molecule has 0 heterocycles. The molecule has 0 radical (unpaired) electrons. The zero-order chi connectivity index (χ0) is 11.1. The summed E-state index contributed by atoms with van der Waals surface area (Å²) in [7, 11) is 0. The molecule has 1 rings (SSSR count). The van der Waals surface area contributed by atoms with Crippen LogP contribution < -0.4 is 4.74 Å². The van der Waals surface area contributed by atoms with Gasteiger partial charge in [0, 0.05) is 11.4 Å². The van der Waals surface area contributed by atoms with Crippen LogP contribution in [0.3, 0.4) is 0 Å². The molecule has 1 aromatic rings. The van der Waals surface area contributed by atoms with Crippen LogP contribution in [0, 0.1) is 5.82 Å². The fraction of sp³-hybridized carbons (Fsp3) is 0.333. The van der Waals surface area contributed by atoms with Gasteiger partial charge in [-0.3, -0.25) is 0 Å². The minimum Gasteiger partial charge on any atom is -0.494 e. The first-order valence-corrected chi connectivity index (χ1v) is 6.04. The van der Waals surface area contributed by atoms with E-state index in [1.807, 2.05) is 25.1 Å². The number of ether oxygens (including phenoxy) is 1. The van der Waals surface area contributed by atoms with Gasteiger partial charge in [-0.1, -0.05) is 28.1 Å². The summed E-state index contributed by atoms with van der Waals surface area (Å²) in [6.45, 7) is 2.43. The van der Waals surface area contributed by atoms with Gasteiger partial charge in [-0.05, 0) is 31.0 Å². The highest BCUT2D eigenvalue weighted by atomic mass is 79.9. The topological polar surface area (TPSA) is 9.23 Å². The number of hydrogen-bond donors (Lipinski definition) is 0. The molecule has 0 amide bonds. The van der Waals surface area contributed by atoms with Crippen LogP contribution in [0.25, 0.3) is 6.08 Å². The zero-order valence-electron chi connectivity index (χ0n) is 8.67. The van der Waals surface area contributed by atoms with Crippen molar-refractivity contribution in [3.05, 3.63) is 35.7 Å². The highest BCUT2D eigenvalue weighted by Crippen LogP contribution is 2.17. The molecule has 0 spiro atoms. The molecular weight excluding hydrogens is 259 g/mol. The van der Waals surface area contributed by atoms with Crippen LogP contribution in [-0.2, 0) is 0 Å². The number of halogens is 2. The van der Waals surface area contributed by atoms with E-state index in [2.05, 4.69) is 15.9 Å². The average Bonchev–Trinajstić information content (AvgIpc) is 2.18. The van der Waals surface area contributed by atoms with Crippen molar-refractivity contribution in [1.29, 1.82) is 0 Å². The Morgan fingerprint density at radius 3 is 2.87 bits per heavy atom. The maximum absolute atomic E-state index is 13.1. The van der Waals surface area contributed by atoms with Crippen LogP contribution >= 0.6 is 15.9 Å². The third-order valence-corrected chi connectivity index (χ3v) is 2.25. The van der Waals surface area contributed by atoms with Crippen molar-refractivity contribution in [3.63, 3.8) is 0 Å². The third kappa shape index (κ3) is 4.47. The van der Waals surface area contributed by atoms with Gasteiger partial charge in [-0.15, -0.1) is 0 Å². The molecule has 0 atom stereocenters. The first-order chi connectivity index (χ1) is 7.26. The van der Waals surface area contributed by atoms with E-state index in [0.29, 0.717) is 12.4 Å². The number of hydrogen-bond acceptors (Lipinski definition) is 1. The van der Waals surface area contributed by atoms with Crippen molar-refractivity contribution in [2.45, 2.75) is 13.3 Å². The second-order valence-electron chi connectivity index (χ2n) is 3.03. The molecule has 3 heteroatoms. The summed E-state index contributed by atoms with van der Waals surface area (Å²) in [6.07, 6.45) is 4.83. The van der Waals surface area contributed by atoms with Crippen molar-refractivity contribution in [3.8, 4) is 5.75 Å². The van der Waals surface area contributed by atoms with E-state index < -0.39 is 0 Å². The summed E-state index contributed by atoms with van der Waals surface area (Å²) >= 11 is 3.33. The van der Waals surface area contributed by atoms with Crippen LogP contribution in [-0.4, -0.2) is 11.9 Å². The molecule has 1 nitrogen and oxygen atoms in total. The van der Waals surface area contributed by atoms with E-state index in [9.17, 15) is 4.39 Å². The molecule has 0 aliphatic rings. The molecule has 0 saturated heterocycles. The molecule has 0 unspecified atom stereocenters. The van der Waals surface area contributed by atoms with E-state index >= 15 is 0 Å². The van der Waals surface area contributed by atoms with Gasteiger partial charge in [0.05, 0.1) is 6.61 Å². The van der Waals surface area contributed by atoms with Crippen molar-refractivity contribution < 1.29 is 9.13 Å². The minimum absolute atomic E-state index is 0.264. The van der Waals surface area contributed by atoms with Crippen molar-refractivity contribution in [2.75, 3.05) is 11.9 Å². The summed E-state index contributed by atoms with van der Waals surface area (Å²) in [4.78, 5) is 0. The lowest BCUT2D eigenvalue weighted by molar-refractivity contribution is 0.338. The van der Waals surface area contributed by atoms with Crippen molar-refractivity contribution in [2.24, 2.45) is 0 Å². The molecule has 1 aromatic carbocycles. The molecule has 15 heavy (non-hydrogen) atoms. The highest BCUT2D eigenvalue weighted by Gasteiger charge is 1.98. The molecule has 0 aliphatic heterocycles. The van der Waals surface area contributed by atoms with Crippen LogP contribution in [0.4, 0.5) is 4.39 Å². The number of benzene rings is 1. The Bertz CT molecular complexity index is 336. The van der Waals surface area contributed by atoms with Gasteiger partial charge in [0.25, 0.3) is 0 Å². The maximum atomic E-state index is 13.1. The molecule has 0 N–H and O–H groups in total. The molecule has 0 bridgehead atoms. The minimum atomic E-state index is -0.264. The summed E-state index contributed by atoms with van der Waals surface area (Å²) in [5.74, 6) is 0.315. The predicted molar refractivity (Wildman–Crippen MR) is 65.0 cm³/mol. The lowest BCUT2D eigenvalue weighted by Crippen LogP contribution is -1.92. The maximum Gasteiger partial charge on any atom is 0.127 e. The lowest BCUT2D eigenvalue weighted by Gasteiger charge is -2.04. The Morgan fingerprint density at radius 2 is 2.20 bits per heavy atom. The number of rotatable bonds is 5. The van der Waals surface area contributed by atoms with Crippen LogP contribution in [0.15, 0.2) is 24.3 Å². The molecule has 0 aliphatic carbocycles. The number of allylic oxidation sites excluding steroid dienone is 1. The normalized spacial score (nSPS) is 10.9. The Hall–Kier alpha value is -0.830. The summed E-state index contributed by atoms with van der Waals surface area (Å²) < 4.78 is 18.4. The molecule has 0 aromatic heterocycles. The highest BCUT2D eigenvalue weighted by molar-refractivity contribution is 9.09. The molecular formula is C12H14BrFO. The fourth-order valence-electron chi connectivity index (χ4n) is 1.21. The Labute approximate surface area is 98.1 Å². The predicted octanol–water partition coefficient (Wildman–Crippen LogP) is 4.02. The molecule has 0 saturated carbocycles. The van der Waals surface area contributed by atoms with Crippen LogP contribution in [0.1, 0.15) is 18.9 Å². The smallest absolute Gasteiger partial charge is 0.127 e. The van der Waals surface area contributed by atoms with Gasteiger partial charge >= 0.3 is 0 Å². The Kier molecular flexibility index (Phi) is 5.40. The van der Waals surface area contributed by atoms with E-state index in [1.165, 1.54) is 12.1 Å². The summed E-state index contributed by atoms with van der Waals surface area (Å²) in [6, 6.07) is 4.72. The van der Waals surface area contributed by atoms with Crippen LogP contribution in [0.2, 0.25) is 0 Å². The monoisotopic (exact) mass is 272 g/mol. The second-order valence-corrected chi connectivity index (χ2v) is 3.83. The van der Waals surface area contributed by atoms with Gasteiger partial charge in [-0.25, -0.2) is 4.39 Å². The number of alkyl halides is 1. The third-order valence-electron chi connectivity index (χ3n) is 1.79. The van der Waals surface area contributed by atoms with Crippen molar-refractivity contribution >= 4 is 22.0 Å². The Morgan fingerprint density at radius 1 is 1.40 bits per heavy atom. The van der Waals surface area contributed by atoms with Crippen molar-refractivity contribution in [1.82, 2.24) is 0 Å². The Balaban J connectivity index is 2.78. The average molecular weight is 273 g/mol. The first-order valence-electron chi connectivity index (χ1n) is 4.92. The quantitative estimate of drug-likeness (QED) is 0.736. The van der Waals surface area contributed by atoms with Gasteiger partial charge in [-0.2, -0.15) is 0 Å². The van der Waals surface area contributed by atoms with Gasteiger partial charge in [0.15, 0.2) is 0 Å². The van der Waals surface area contributed by atoms with E-state index in [1.54, 1.807) is 0 Å². The van der Waals surface area contributed by atoms with Gasteiger partial charge in [0.1, 0.15) is 11.6 Å². The van der Waals surface area contributed by atoms with Gasteiger partial charge in [0.2, 0.25) is 0 Å². The zero-order valence-corrected chi connectivity index (χ0v) is 10.3. The first kappa shape index (κ1) is 12.2. The fourth-order valence-corrected chi connectivity index (χ4v) is 1.48.